The number of amides is 1. The van der Waals surface area contributed by atoms with E-state index in [4.69, 9.17) is 11.6 Å². The van der Waals surface area contributed by atoms with E-state index in [1.165, 1.54) is 0 Å². The molecule has 0 aliphatic carbocycles. The largest absolute Gasteiger partial charge is 0.364 e. The summed E-state index contributed by atoms with van der Waals surface area (Å²) in [5.74, 6) is -0.00495. The van der Waals surface area contributed by atoms with E-state index in [2.05, 4.69) is 31.4 Å². The molecule has 0 aliphatic heterocycles. The molecule has 0 heterocycles. The molecule has 1 amide bonds. The van der Waals surface area contributed by atoms with Gasteiger partial charge in [-0.05, 0) is 39.3 Å². The topological polar surface area (TPSA) is 44.4 Å². The van der Waals surface area contributed by atoms with Gasteiger partial charge >= 0.3 is 0 Å². The van der Waals surface area contributed by atoms with Gasteiger partial charge in [-0.2, -0.15) is 0 Å². The molecule has 0 aliphatic rings. The van der Waals surface area contributed by atoms with E-state index in [0.717, 1.165) is 11.3 Å². The van der Waals surface area contributed by atoms with Crippen molar-refractivity contribution in [2.24, 2.45) is 0 Å². The lowest BCUT2D eigenvalue weighted by atomic mass is 10.1. The summed E-state index contributed by atoms with van der Waals surface area (Å²) in [6, 6.07) is 5.82. The number of halogens is 1. The number of para-hydroxylation sites is 1. The predicted octanol–water partition coefficient (Wildman–Crippen LogP) is 2.80. The van der Waals surface area contributed by atoms with Crippen LogP contribution in [0.5, 0.6) is 0 Å². The normalized spacial score (nSPS) is 11.3. The van der Waals surface area contributed by atoms with E-state index >= 15 is 0 Å². The van der Waals surface area contributed by atoms with E-state index < -0.39 is 0 Å². The van der Waals surface area contributed by atoms with Gasteiger partial charge in [-0.3, -0.25) is 4.79 Å². The Bertz CT molecular complexity index is 483. The Morgan fingerprint density at radius 3 is 2.57 bits per heavy atom. The third kappa shape index (κ3) is 5.94. The summed E-state index contributed by atoms with van der Waals surface area (Å²) in [6.07, 6.45) is 0. The second-order valence-corrected chi connectivity index (χ2v) is 6.57. The first-order valence-electron chi connectivity index (χ1n) is 7.25. The number of hydrogen-bond acceptors (Lipinski definition) is 3. The van der Waals surface area contributed by atoms with Gasteiger partial charge in [-0.1, -0.05) is 23.7 Å². The highest BCUT2D eigenvalue weighted by Crippen LogP contribution is 2.29. The molecule has 118 valence electrons. The van der Waals surface area contributed by atoms with Crippen molar-refractivity contribution in [3.63, 3.8) is 0 Å². The maximum atomic E-state index is 11.8. The Labute approximate surface area is 132 Å². The smallest absolute Gasteiger partial charge is 0.239 e. The molecule has 0 fully saturated rings. The molecule has 2 N–H and O–H groups in total. The highest BCUT2D eigenvalue weighted by atomic mass is 35.5. The van der Waals surface area contributed by atoms with Crippen LogP contribution in [0.1, 0.15) is 33.3 Å². The maximum absolute atomic E-state index is 11.8. The number of carbonyl (C=O) groups excluding carboxylic acids is 1. The summed E-state index contributed by atoms with van der Waals surface area (Å²) in [7, 11) is 1.89. The average molecular weight is 312 g/mol. The lowest BCUT2D eigenvalue weighted by Gasteiger charge is -2.26. The van der Waals surface area contributed by atoms with Crippen molar-refractivity contribution in [3.8, 4) is 0 Å². The SMILES string of the molecule is CCNC(=O)CN(C)c1c(Cl)cccc1CNC(C)(C)C. The molecular weight excluding hydrogens is 286 g/mol. The molecule has 1 aromatic rings. The first kappa shape index (κ1) is 17.8. The summed E-state index contributed by atoms with van der Waals surface area (Å²) in [4.78, 5) is 13.7. The second-order valence-electron chi connectivity index (χ2n) is 6.16. The number of anilines is 1. The number of nitrogens with one attached hydrogen (secondary N) is 2. The van der Waals surface area contributed by atoms with E-state index in [1.54, 1.807) is 0 Å². The molecule has 0 spiro atoms. The van der Waals surface area contributed by atoms with Crippen LogP contribution in [0.4, 0.5) is 5.69 Å². The van der Waals surface area contributed by atoms with Gasteiger partial charge < -0.3 is 15.5 Å². The van der Waals surface area contributed by atoms with Crippen molar-refractivity contribution in [3.05, 3.63) is 28.8 Å². The van der Waals surface area contributed by atoms with Crippen molar-refractivity contribution >= 4 is 23.2 Å². The first-order valence-corrected chi connectivity index (χ1v) is 7.62. The fourth-order valence-electron chi connectivity index (χ4n) is 2.04. The van der Waals surface area contributed by atoms with Crippen LogP contribution in [0.2, 0.25) is 5.02 Å². The number of carbonyl (C=O) groups is 1. The van der Waals surface area contributed by atoms with E-state index in [0.29, 0.717) is 24.7 Å². The molecule has 0 saturated heterocycles. The molecular formula is C16H26ClN3O. The fourth-order valence-corrected chi connectivity index (χ4v) is 2.38. The number of nitrogens with zero attached hydrogens (tertiary/aromatic N) is 1. The van der Waals surface area contributed by atoms with Gasteiger partial charge in [0.1, 0.15) is 0 Å². The lowest BCUT2D eigenvalue weighted by molar-refractivity contribution is -0.119. The Hall–Kier alpha value is -1.26. The minimum Gasteiger partial charge on any atom is -0.364 e. The van der Waals surface area contributed by atoms with Crippen molar-refractivity contribution < 1.29 is 4.79 Å². The average Bonchev–Trinajstić information content (AvgIpc) is 2.35. The Morgan fingerprint density at radius 2 is 2.00 bits per heavy atom. The standard InChI is InChI=1S/C16H26ClN3O/c1-6-18-14(21)11-20(5)15-12(8-7-9-13(15)17)10-19-16(2,3)4/h7-9,19H,6,10-11H2,1-5H3,(H,18,21). The van der Waals surface area contributed by atoms with Crippen LogP contribution >= 0.6 is 11.6 Å². The zero-order chi connectivity index (χ0) is 16.0. The quantitative estimate of drug-likeness (QED) is 0.849. The first-order chi connectivity index (χ1) is 9.74. The number of likely N-dealkylation sites (N-methyl/N-ethyl adjacent to an activating group) is 2. The molecule has 0 aromatic heterocycles. The van der Waals surface area contributed by atoms with Crippen LogP contribution in [0, 0.1) is 0 Å². The fraction of sp³-hybridized carbons (Fsp3) is 0.562. The van der Waals surface area contributed by atoms with Gasteiger partial charge in [0.15, 0.2) is 0 Å². The molecule has 1 aromatic carbocycles. The molecule has 21 heavy (non-hydrogen) atoms. The third-order valence-electron chi connectivity index (χ3n) is 3.02. The van der Waals surface area contributed by atoms with Crippen LogP contribution in [-0.2, 0) is 11.3 Å². The van der Waals surface area contributed by atoms with E-state index in [-0.39, 0.29) is 11.4 Å². The van der Waals surface area contributed by atoms with Gasteiger partial charge in [-0.15, -0.1) is 0 Å². The molecule has 0 bridgehead atoms. The highest BCUT2D eigenvalue weighted by Gasteiger charge is 2.16. The lowest BCUT2D eigenvalue weighted by Crippen LogP contribution is -2.37. The molecule has 0 unspecified atom stereocenters. The van der Waals surface area contributed by atoms with Gasteiger partial charge in [-0.25, -0.2) is 0 Å². The molecule has 0 radical (unpaired) electrons. The summed E-state index contributed by atoms with van der Waals surface area (Å²) < 4.78 is 0. The van der Waals surface area contributed by atoms with Crippen LogP contribution in [-0.4, -0.2) is 31.6 Å². The maximum Gasteiger partial charge on any atom is 0.239 e. The molecule has 4 nitrogen and oxygen atoms in total. The molecule has 1 rings (SSSR count). The summed E-state index contributed by atoms with van der Waals surface area (Å²) in [5, 5.41) is 6.92. The van der Waals surface area contributed by atoms with Crippen LogP contribution in [0.15, 0.2) is 18.2 Å². The molecule has 5 heteroatoms. The Morgan fingerprint density at radius 1 is 1.33 bits per heavy atom. The van der Waals surface area contributed by atoms with Crippen molar-refractivity contribution in [1.82, 2.24) is 10.6 Å². The Kier molecular flexibility index (Phi) is 6.49. The van der Waals surface area contributed by atoms with Gasteiger partial charge in [0.25, 0.3) is 0 Å². The second kappa shape index (κ2) is 7.66. The monoisotopic (exact) mass is 311 g/mol. The van der Waals surface area contributed by atoms with Crippen molar-refractivity contribution in [2.45, 2.75) is 39.8 Å². The zero-order valence-corrected chi connectivity index (χ0v) is 14.3. The third-order valence-corrected chi connectivity index (χ3v) is 3.32. The molecule has 0 saturated carbocycles. The molecule has 0 atom stereocenters. The van der Waals surface area contributed by atoms with E-state index in [9.17, 15) is 4.79 Å². The summed E-state index contributed by atoms with van der Waals surface area (Å²) >= 11 is 6.33. The Balaban J connectivity index is 2.91. The summed E-state index contributed by atoms with van der Waals surface area (Å²) in [5.41, 5.74) is 2.02. The number of rotatable bonds is 6. The number of hydrogen-bond donors (Lipinski definition) is 2. The van der Waals surface area contributed by atoms with Crippen molar-refractivity contribution in [1.29, 1.82) is 0 Å². The van der Waals surface area contributed by atoms with Gasteiger partial charge in [0.2, 0.25) is 5.91 Å². The minimum absolute atomic E-state index is 0.00495. The predicted molar refractivity (Wildman–Crippen MR) is 90.0 cm³/mol. The minimum atomic E-state index is -0.00495. The zero-order valence-electron chi connectivity index (χ0n) is 13.6. The van der Waals surface area contributed by atoms with Gasteiger partial charge in [0.05, 0.1) is 17.3 Å². The number of benzene rings is 1. The highest BCUT2D eigenvalue weighted by molar-refractivity contribution is 6.33. The van der Waals surface area contributed by atoms with Crippen LogP contribution < -0.4 is 15.5 Å². The van der Waals surface area contributed by atoms with Crippen LogP contribution in [0.25, 0.3) is 0 Å². The van der Waals surface area contributed by atoms with Crippen molar-refractivity contribution in [2.75, 3.05) is 25.0 Å². The summed E-state index contributed by atoms with van der Waals surface area (Å²) in [6.45, 7) is 9.90. The van der Waals surface area contributed by atoms with Crippen LogP contribution in [0.3, 0.4) is 0 Å². The van der Waals surface area contributed by atoms with Gasteiger partial charge in [0, 0.05) is 25.7 Å². The van der Waals surface area contributed by atoms with E-state index in [1.807, 2.05) is 37.1 Å².